The first-order valence-electron chi connectivity index (χ1n) is 8.70. The van der Waals surface area contributed by atoms with Crippen LogP contribution in [-0.4, -0.2) is 31.8 Å². The highest BCUT2D eigenvalue weighted by atomic mass is 16.7. The van der Waals surface area contributed by atoms with Crippen molar-refractivity contribution in [2.24, 2.45) is 0 Å². The van der Waals surface area contributed by atoms with Gasteiger partial charge in [-0.1, -0.05) is 6.07 Å². The minimum atomic E-state index is -0.775. The van der Waals surface area contributed by atoms with Gasteiger partial charge in [-0.15, -0.1) is 0 Å². The Hall–Kier alpha value is -3.48. The van der Waals surface area contributed by atoms with E-state index in [1.165, 1.54) is 7.11 Å². The molecule has 1 atom stereocenters. The number of hydrogen-bond acceptors (Lipinski definition) is 7. The van der Waals surface area contributed by atoms with E-state index in [0.29, 0.717) is 34.1 Å². The van der Waals surface area contributed by atoms with Crippen LogP contribution in [0.5, 0.6) is 23.0 Å². The zero-order valence-corrected chi connectivity index (χ0v) is 15.6. The fourth-order valence-electron chi connectivity index (χ4n) is 3.05. The summed E-state index contributed by atoms with van der Waals surface area (Å²) in [7, 11) is 1.30. The Morgan fingerprint density at radius 2 is 1.96 bits per heavy atom. The molecule has 4 rings (SSSR count). The smallest absolute Gasteiger partial charge is 0.346 e. The van der Waals surface area contributed by atoms with Crippen molar-refractivity contribution in [3.05, 3.63) is 52.8 Å². The number of carbonyl (C=O) groups is 2. The molecule has 2 heterocycles. The minimum absolute atomic E-state index is 0.183. The predicted octanol–water partition coefficient (Wildman–Crippen LogP) is 3.28. The van der Waals surface area contributed by atoms with E-state index in [4.69, 9.17) is 18.9 Å². The first-order valence-corrected chi connectivity index (χ1v) is 8.70. The van der Waals surface area contributed by atoms with Crippen molar-refractivity contribution in [2.45, 2.75) is 20.0 Å². The van der Waals surface area contributed by atoms with Gasteiger partial charge in [-0.2, -0.15) is 0 Å². The molecule has 28 heavy (non-hydrogen) atoms. The van der Waals surface area contributed by atoms with Crippen molar-refractivity contribution >= 4 is 17.8 Å². The zero-order chi connectivity index (χ0) is 19.8. The first kappa shape index (κ1) is 17.9. The summed E-state index contributed by atoms with van der Waals surface area (Å²) in [5, 5.41) is 0. The minimum Gasteiger partial charge on any atom is -0.479 e. The van der Waals surface area contributed by atoms with Crippen LogP contribution in [0.4, 0.5) is 0 Å². The molecule has 0 bridgehead atoms. The van der Waals surface area contributed by atoms with Crippen LogP contribution in [0.3, 0.4) is 0 Å². The van der Waals surface area contributed by atoms with Crippen LogP contribution < -0.4 is 18.9 Å². The normalized spacial score (nSPS) is 16.5. The maximum atomic E-state index is 12.7. The summed E-state index contributed by atoms with van der Waals surface area (Å²) >= 11 is 0. The average molecular weight is 382 g/mol. The second-order valence-corrected chi connectivity index (χ2v) is 6.40. The molecule has 7 nitrogen and oxygen atoms in total. The molecule has 0 aliphatic carbocycles. The quantitative estimate of drug-likeness (QED) is 0.593. The third-order valence-corrected chi connectivity index (χ3v) is 4.57. The van der Waals surface area contributed by atoms with Crippen molar-refractivity contribution in [3.63, 3.8) is 0 Å². The Bertz CT molecular complexity index is 1010. The number of benzene rings is 2. The van der Waals surface area contributed by atoms with Crippen LogP contribution in [0, 0.1) is 6.92 Å². The Morgan fingerprint density at radius 3 is 2.75 bits per heavy atom. The van der Waals surface area contributed by atoms with E-state index in [1.807, 2.05) is 6.07 Å². The number of fused-ring (bicyclic) bond motifs is 2. The van der Waals surface area contributed by atoms with E-state index in [2.05, 4.69) is 4.74 Å². The van der Waals surface area contributed by atoms with Crippen LogP contribution >= 0.6 is 0 Å². The lowest BCUT2D eigenvalue weighted by atomic mass is 10.1. The summed E-state index contributed by atoms with van der Waals surface area (Å²) in [6.45, 7) is 3.55. The predicted molar refractivity (Wildman–Crippen MR) is 98.8 cm³/mol. The highest BCUT2D eigenvalue weighted by Gasteiger charge is 2.31. The number of allylic oxidation sites excluding steroid dienone is 1. The second kappa shape index (κ2) is 6.92. The van der Waals surface area contributed by atoms with E-state index >= 15 is 0 Å². The van der Waals surface area contributed by atoms with Crippen LogP contribution in [-0.2, 0) is 9.53 Å². The molecule has 0 aromatic heterocycles. The second-order valence-electron chi connectivity index (χ2n) is 6.40. The Kier molecular flexibility index (Phi) is 4.43. The fourth-order valence-corrected chi connectivity index (χ4v) is 3.05. The summed E-state index contributed by atoms with van der Waals surface area (Å²) in [5.41, 5.74) is 1.84. The summed E-state index contributed by atoms with van der Waals surface area (Å²) in [6.07, 6.45) is 0.879. The van der Waals surface area contributed by atoms with Crippen LogP contribution in [0.15, 0.2) is 36.1 Å². The number of methoxy groups -OCH3 is 1. The van der Waals surface area contributed by atoms with E-state index in [1.54, 1.807) is 44.2 Å². The van der Waals surface area contributed by atoms with E-state index in [-0.39, 0.29) is 18.3 Å². The molecule has 0 saturated carbocycles. The maximum Gasteiger partial charge on any atom is 0.346 e. The van der Waals surface area contributed by atoms with Gasteiger partial charge in [0.25, 0.3) is 0 Å². The number of ketones is 1. The molecule has 7 heteroatoms. The highest BCUT2D eigenvalue weighted by Crippen LogP contribution is 2.40. The molecular formula is C21H18O7. The van der Waals surface area contributed by atoms with Gasteiger partial charge in [0.1, 0.15) is 11.5 Å². The van der Waals surface area contributed by atoms with E-state index in [0.717, 1.165) is 5.56 Å². The third-order valence-electron chi connectivity index (χ3n) is 4.57. The van der Waals surface area contributed by atoms with Gasteiger partial charge >= 0.3 is 5.97 Å². The third kappa shape index (κ3) is 3.05. The molecule has 0 N–H and O–H groups in total. The maximum absolute atomic E-state index is 12.7. The number of carbonyl (C=O) groups excluding carboxylic acids is 2. The van der Waals surface area contributed by atoms with Crippen molar-refractivity contribution in [2.75, 3.05) is 13.9 Å². The van der Waals surface area contributed by atoms with Crippen molar-refractivity contribution in [1.82, 2.24) is 0 Å². The molecule has 0 fully saturated rings. The number of ether oxygens (including phenoxy) is 5. The summed E-state index contributed by atoms with van der Waals surface area (Å²) in [6, 6.07) is 8.67. The highest BCUT2D eigenvalue weighted by molar-refractivity contribution is 6.15. The van der Waals surface area contributed by atoms with Gasteiger partial charge in [-0.25, -0.2) is 4.79 Å². The van der Waals surface area contributed by atoms with Crippen molar-refractivity contribution < 1.29 is 33.3 Å². The number of rotatable bonds is 4. The summed E-state index contributed by atoms with van der Waals surface area (Å²) in [4.78, 5) is 24.3. The molecule has 0 spiro atoms. The van der Waals surface area contributed by atoms with Crippen LogP contribution in [0.25, 0.3) is 6.08 Å². The average Bonchev–Trinajstić information content (AvgIpc) is 3.28. The number of esters is 1. The molecule has 0 amide bonds. The number of hydrogen-bond donors (Lipinski definition) is 0. The Labute approximate surface area is 161 Å². The van der Waals surface area contributed by atoms with Gasteiger partial charge in [0.05, 0.1) is 12.7 Å². The first-order chi connectivity index (χ1) is 13.5. The van der Waals surface area contributed by atoms with Gasteiger partial charge in [0.2, 0.25) is 12.6 Å². The molecule has 2 aliphatic heterocycles. The van der Waals surface area contributed by atoms with Gasteiger partial charge in [0.15, 0.2) is 23.4 Å². The van der Waals surface area contributed by atoms with E-state index < -0.39 is 12.1 Å². The van der Waals surface area contributed by atoms with Gasteiger partial charge in [0, 0.05) is 5.56 Å². The molecular weight excluding hydrogens is 364 g/mol. The summed E-state index contributed by atoms with van der Waals surface area (Å²) in [5.74, 6) is 1.67. The Morgan fingerprint density at radius 1 is 1.18 bits per heavy atom. The topological polar surface area (TPSA) is 80.3 Å². The lowest BCUT2D eigenvalue weighted by Gasteiger charge is -2.15. The molecule has 2 aromatic carbocycles. The molecule has 2 aromatic rings. The van der Waals surface area contributed by atoms with Gasteiger partial charge in [-0.05, 0) is 49.8 Å². The molecule has 0 saturated heterocycles. The molecule has 2 aliphatic rings. The van der Waals surface area contributed by atoms with Crippen molar-refractivity contribution in [1.29, 1.82) is 0 Å². The largest absolute Gasteiger partial charge is 0.479 e. The van der Waals surface area contributed by atoms with E-state index in [9.17, 15) is 9.59 Å². The summed E-state index contributed by atoms with van der Waals surface area (Å²) < 4.78 is 26.8. The van der Waals surface area contributed by atoms with Crippen LogP contribution in [0.1, 0.15) is 28.4 Å². The monoisotopic (exact) mass is 382 g/mol. The standard InChI is InChI=1S/C21H18O7/c1-11-15(27-12(2)21(23)24-3)7-5-14-19(22)18(28-20(11)14)9-13-4-6-16-17(8-13)26-10-25-16/h4-9,12H,10H2,1-3H3/b18-9-/t12-/m0/s1. The fraction of sp³-hybridized carbons (Fsp3) is 0.238. The van der Waals surface area contributed by atoms with Gasteiger partial charge < -0.3 is 23.7 Å². The molecule has 144 valence electrons. The molecule has 0 radical (unpaired) electrons. The lowest BCUT2D eigenvalue weighted by Crippen LogP contribution is -2.25. The lowest BCUT2D eigenvalue weighted by molar-refractivity contribution is -0.147. The van der Waals surface area contributed by atoms with Gasteiger partial charge in [-0.3, -0.25) is 4.79 Å². The number of Topliss-reactive ketones (excluding diaryl/α,β-unsaturated/α-hetero) is 1. The van der Waals surface area contributed by atoms with Crippen LogP contribution in [0.2, 0.25) is 0 Å². The van der Waals surface area contributed by atoms with Crippen molar-refractivity contribution in [3.8, 4) is 23.0 Å². The Balaban J connectivity index is 1.61. The zero-order valence-electron chi connectivity index (χ0n) is 15.6. The molecule has 0 unspecified atom stereocenters. The SMILES string of the molecule is COC(=O)[C@H](C)Oc1ccc2c(c1C)O/C(=C\c1ccc3c(c1)OCO3)C2=O.